The van der Waals surface area contributed by atoms with Crippen molar-refractivity contribution in [2.24, 2.45) is 5.92 Å². The lowest BCUT2D eigenvalue weighted by Crippen LogP contribution is -2.30. The predicted molar refractivity (Wildman–Crippen MR) is 103 cm³/mol. The lowest BCUT2D eigenvalue weighted by atomic mass is 9.88. The first-order valence-electron chi connectivity index (χ1n) is 9.47. The van der Waals surface area contributed by atoms with Crippen LogP contribution in [0.15, 0.2) is 22.8 Å². The number of furan rings is 1. The predicted octanol–water partition coefficient (Wildman–Crippen LogP) is 3.06. The number of amides is 2. The molecular weight excluding hydrogens is 364 g/mol. The van der Waals surface area contributed by atoms with E-state index < -0.39 is 0 Å². The van der Waals surface area contributed by atoms with Crippen LogP contribution in [0, 0.1) is 5.92 Å². The molecule has 1 fully saturated rings. The average molecular weight is 388 g/mol. The minimum atomic E-state index is -0.159. The van der Waals surface area contributed by atoms with Crippen molar-refractivity contribution in [3.63, 3.8) is 0 Å². The van der Waals surface area contributed by atoms with Crippen molar-refractivity contribution in [3.8, 4) is 0 Å². The fourth-order valence-corrected chi connectivity index (χ4v) is 4.73. The van der Waals surface area contributed by atoms with Crippen LogP contribution in [0.25, 0.3) is 0 Å². The number of nitrogens with zero attached hydrogens (tertiary/aromatic N) is 2. The fraction of sp³-hybridized carbons (Fsp3) is 0.526. The highest BCUT2D eigenvalue weighted by atomic mass is 32.2. The first-order chi connectivity index (χ1) is 13.2. The molecule has 2 aromatic rings. The summed E-state index contributed by atoms with van der Waals surface area (Å²) in [5.74, 6) is 3.01. The Bertz CT molecular complexity index is 809. The lowest BCUT2D eigenvalue weighted by molar-refractivity contribution is -0.122. The SMILES string of the molecule is O=C(Cn1nc2c(c1NC(=O)C1CCCCC1)CSC2)NCc1ccco1. The highest BCUT2D eigenvalue weighted by molar-refractivity contribution is 7.98. The Morgan fingerprint density at radius 3 is 2.89 bits per heavy atom. The Kier molecular flexibility index (Phi) is 5.52. The number of carbonyl (C=O) groups excluding carboxylic acids is 2. The molecule has 2 aliphatic rings. The van der Waals surface area contributed by atoms with Crippen molar-refractivity contribution in [1.29, 1.82) is 0 Å². The average Bonchev–Trinajstić information content (AvgIpc) is 3.41. The molecule has 8 heteroatoms. The van der Waals surface area contributed by atoms with Crippen molar-refractivity contribution in [1.82, 2.24) is 15.1 Å². The zero-order valence-electron chi connectivity index (χ0n) is 15.2. The van der Waals surface area contributed by atoms with Gasteiger partial charge in [0.25, 0.3) is 0 Å². The summed E-state index contributed by atoms with van der Waals surface area (Å²) in [6.45, 7) is 0.422. The minimum Gasteiger partial charge on any atom is -0.467 e. The zero-order valence-corrected chi connectivity index (χ0v) is 16.0. The van der Waals surface area contributed by atoms with Gasteiger partial charge in [0, 0.05) is 23.0 Å². The quantitative estimate of drug-likeness (QED) is 0.794. The maximum atomic E-state index is 12.7. The van der Waals surface area contributed by atoms with E-state index in [-0.39, 0.29) is 24.3 Å². The van der Waals surface area contributed by atoms with Crippen LogP contribution in [0.1, 0.15) is 49.1 Å². The zero-order chi connectivity index (χ0) is 18.6. The molecular formula is C19H24N4O3S. The van der Waals surface area contributed by atoms with Crippen molar-refractivity contribution in [2.75, 3.05) is 5.32 Å². The van der Waals surface area contributed by atoms with Gasteiger partial charge in [-0.1, -0.05) is 19.3 Å². The number of fused-ring (bicyclic) bond motifs is 1. The van der Waals surface area contributed by atoms with E-state index in [2.05, 4.69) is 15.7 Å². The van der Waals surface area contributed by atoms with Crippen LogP contribution in [-0.4, -0.2) is 21.6 Å². The van der Waals surface area contributed by atoms with E-state index in [9.17, 15) is 9.59 Å². The molecule has 0 atom stereocenters. The van der Waals surface area contributed by atoms with Gasteiger partial charge in [0.2, 0.25) is 11.8 Å². The van der Waals surface area contributed by atoms with E-state index in [4.69, 9.17) is 4.42 Å². The molecule has 1 saturated carbocycles. The highest BCUT2D eigenvalue weighted by Gasteiger charge is 2.28. The molecule has 0 saturated heterocycles. The number of nitrogens with one attached hydrogen (secondary N) is 2. The molecule has 1 aliphatic carbocycles. The monoisotopic (exact) mass is 388 g/mol. The number of thioether (sulfide) groups is 1. The molecule has 144 valence electrons. The van der Waals surface area contributed by atoms with Gasteiger partial charge in [0.05, 0.1) is 18.5 Å². The summed E-state index contributed by atoms with van der Waals surface area (Å²) in [4.78, 5) is 25.1. The molecule has 2 N–H and O–H groups in total. The Hall–Kier alpha value is -2.22. The summed E-state index contributed by atoms with van der Waals surface area (Å²) in [5.41, 5.74) is 2.03. The van der Waals surface area contributed by atoms with Crippen molar-refractivity contribution in [3.05, 3.63) is 35.4 Å². The van der Waals surface area contributed by atoms with Crippen molar-refractivity contribution in [2.45, 2.75) is 56.7 Å². The summed E-state index contributed by atoms with van der Waals surface area (Å²) >= 11 is 1.78. The Labute approximate surface area is 162 Å². The van der Waals surface area contributed by atoms with Crippen LogP contribution in [0.4, 0.5) is 5.82 Å². The second-order valence-corrected chi connectivity index (χ2v) is 8.09. The molecule has 3 heterocycles. The van der Waals surface area contributed by atoms with Crippen LogP contribution in [0.5, 0.6) is 0 Å². The molecule has 27 heavy (non-hydrogen) atoms. The van der Waals surface area contributed by atoms with Crippen LogP contribution >= 0.6 is 11.8 Å². The molecule has 1 aliphatic heterocycles. The molecule has 0 unspecified atom stereocenters. The Balaban J connectivity index is 1.44. The molecule has 7 nitrogen and oxygen atoms in total. The summed E-state index contributed by atoms with van der Waals surface area (Å²) < 4.78 is 6.87. The Morgan fingerprint density at radius 2 is 2.11 bits per heavy atom. The molecule has 0 bridgehead atoms. The molecule has 0 aromatic carbocycles. The molecule has 0 radical (unpaired) electrons. The van der Waals surface area contributed by atoms with Crippen molar-refractivity contribution < 1.29 is 14.0 Å². The summed E-state index contributed by atoms with van der Waals surface area (Å²) in [6.07, 6.45) is 6.90. The number of rotatable bonds is 6. The van der Waals surface area contributed by atoms with Crippen LogP contribution < -0.4 is 10.6 Å². The maximum Gasteiger partial charge on any atom is 0.242 e. The van der Waals surface area contributed by atoms with Crippen LogP contribution in [0.2, 0.25) is 0 Å². The standard InChI is InChI=1S/C19H24N4O3S/c24-17(20-9-14-7-4-8-26-14)10-23-18(15-11-27-12-16(15)22-23)21-19(25)13-5-2-1-3-6-13/h4,7-8,13H,1-3,5-6,9-12H2,(H,20,24)(H,21,25). The third-order valence-electron chi connectivity index (χ3n) is 5.17. The normalized spacial score (nSPS) is 16.9. The van der Waals surface area contributed by atoms with E-state index >= 15 is 0 Å². The third-order valence-corrected chi connectivity index (χ3v) is 6.14. The number of carbonyl (C=O) groups is 2. The molecule has 4 rings (SSSR count). The van der Waals surface area contributed by atoms with Gasteiger partial charge in [0.1, 0.15) is 18.1 Å². The van der Waals surface area contributed by atoms with E-state index in [0.717, 1.165) is 48.4 Å². The topological polar surface area (TPSA) is 89.2 Å². The smallest absolute Gasteiger partial charge is 0.242 e. The first-order valence-corrected chi connectivity index (χ1v) is 10.6. The summed E-state index contributed by atoms with van der Waals surface area (Å²) in [5, 5.41) is 10.5. The van der Waals surface area contributed by atoms with Gasteiger partial charge >= 0.3 is 0 Å². The van der Waals surface area contributed by atoms with Gasteiger partial charge in [-0.05, 0) is 25.0 Å². The number of hydrogen-bond acceptors (Lipinski definition) is 5. The Morgan fingerprint density at radius 1 is 1.26 bits per heavy atom. The third kappa shape index (κ3) is 4.21. The lowest BCUT2D eigenvalue weighted by Gasteiger charge is -2.21. The summed E-state index contributed by atoms with van der Waals surface area (Å²) in [6, 6.07) is 3.60. The van der Waals surface area contributed by atoms with E-state index in [1.807, 2.05) is 6.07 Å². The number of aromatic nitrogens is 2. The van der Waals surface area contributed by atoms with Gasteiger partial charge in [-0.15, -0.1) is 0 Å². The first kappa shape index (κ1) is 18.2. The van der Waals surface area contributed by atoms with Gasteiger partial charge in [-0.3, -0.25) is 9.59 Å². The molecule has 2 amide bonds. The molecule has 2 aromatic heterocycles. The van der Waals surface area contributed by atoms with Crippen LogP contribution in [-0.2, 0) is 34.2 Å². The van der Waals surface area contributed by atoms with E-state index in [1.165, 1.54) is 6.42 Å². The van der Waals surface area contributed by atoms with Crippen molar-refractivity contribution >= 4 is 29.4 Å². The largest absolute Gasteiger partial charge is 0.467 e. The van der Waals surface area contributed by atoms with E-state index in [1.54, 1.807) is 28.8 Å². The number of hydrogen-bond donors (Lipinski definition) is 2. The maximum absolute atomic E-state index is 12.7. The van der Waals surface area contributed by atoms with Gasteiger partial charge < -0.3 is 15.1 Å². The summed E-state index contributed by atoms with van der Waals surface area (Å²) in [7, 11) is 0. The van der Waals surface area contributed by atoms with Gasteiger partial charge in [-0.2, -0.15) is 16.9 Å². The minimum absolute atomic E-state index is 0.0616. The van der Waals surface area contributed by atoms with Gasteiger partial charge in [0.15, 0.2) is 0 Å². The second kappa shape index (κ2) is 8.21. The molecule has 0 spiro atoms. The van der Waals surface area contributed by atoms with Crippen LogP contribution in [0.3, 0.4) is 0 Å². The number of anilines is 1. The fourth-order valence-electron chi connectivity index (χ4n) is 3.69. The van der Waals surface area contributed by atoms with E-state index in [0.29, 0.717) is 18.1 Å². The highest BCUT2D eigenvalue weighted by Crippen LogP contribution is 2.35. The van der Waals surface area contributed by atoms with Gasteiger partial charge in [-0.25, -0.2) is 4.68 Å². The second-order valence-electron chi connectivity index (χ2n) is 7.10.